The minimum atomic E-state index is 0. The summed E-state index contributed by atoms with van der Waals surface area (Å²) >= 11 is 0. The van der Waals surface area contributed by atoms with Gasteiger partial charge in [-0.3, -0.25) is 0 Å². The molecule has 1 saturated carbocycles. The van der Waals surface area contributed by atoms with E-state index in [1.54, 1.807) is 28.4 Å². The second-order valence-corrected chi connectivity index (χ2v) is 2.93. The fraction of sp³-hybridized carbons (Fsp3) is 0.500. The van der Waals surface area contributed by atoms with Gasteiger partial charge in [0.15, 0.2) is 0 Å². The van der Waals surface area contributed by atoms with Crippen molar-refractivity contribution in [3.63, 3.8) is 0 Å². The Morgan fingerprint density at radius 2 is 0.640 bits per heavy atom. The van der Waals surface area contributed by atoms with Crippen LogP contribution in [0.5, 0.6) is 0 Å². The summed E-state index contributed by atoms with van der Waals surface area (Å²) in [4.78, 5) is 0. The molecule has 25 heavy (non-hydrogen) atoms. The van der Waals surface area contributed by atoms with Crippen LogP contribution in [0.3, 0.4) is 0 Å². The molecule has 0 amide bonds. The van der Waals surface area contributed by atoms with E-state index >= 15 is 0 Å². The zero-order valence-electron chi connectivity index (χ0n) is 15.5. The number of hydrogen-bond acceptors (Lipinski definition) is 4. The Bertz CT molecular complexity index is 173. The van der Waals surface area contributed by atoms with Gasteiger partial charge in [-0.1, -0.05) is 0 Å². The van der Waals surface area contributed by atoms with Gasteiger partial charge in [0, 0.05) is 49.5 Å². The van der Waals surface area contributed by atoms with Gasteiger partial charge in [-0.05, 0) is 32.1 Å². The zero-order chi connectivity index (χ0) is 19.2. The first-order valence-electron chi connectivity index (χ1n) is 6.07. The minimum Gasteiger partial charge on any atom is -0.0312 e. The maximum atomic E-state index is 7.50. The van der Waals surface area contributed by atoms with Crippen LogP contribution in [-0.4, -0.2) is 54.9 Å². The molecular formula is C16H25NaO7W+. The van der Waals surface area contributed by atoms with Crippen LogP contribution >= 0.6 is 0 Å². The Hall–Kier alpha value is 0.748. The van der Waals surface area contributed by atoms with Gasteiger partial charge < -0.3 is 18.9 Å². The molecule has 0 heterocycles. The van der Waals surface area contributed by atoms with Crippen LogP contribution in [0, 0.1) is 52.1 Å². The third kappa shape index (κ3) is 92.8. The predicted octanol–water partition coefficient (Wildman–Crippen LogP) is -1.53. The van der Waals surface area contributed by atoms with E-state index in [0.717, 1.165) is 0 Å². The van der Waals surface area contributed by atoms with E-state index in [0.29, 0.717) is 26.4 Å². The maximum Gasteiger partial charge on any atom is 1.00 e. The summed E-state index contributed by atoms with van der Waals surface area (Å²) in [5.74, 6) is 0. The fourth-order valence-corrected chi connectivity index (χ4v) is 0.654. The Kier molecular flexibility index (Phi) is 133. The second kappa shape index (κ2) is 73.8. The van der Waals surface area contributed by atoms with Crippen LogP contribution in [-0.2, 0) is 54.0 Å². The van der Waals surface area contributed by atoms with Crippen LogP contribution in [0.1, 0.15) is 0 Å². The van der Waals surface area contributed by atoms with Crippen molar-refractivity contribution in [3.05, 3.63) is 52.1 Å². The molecule has 0 aromatic rings. The normalized spacial score (nSPS) is 9.36. The molecule has 0 atom stereocenters. The molecule has 0 unspecified atom stereocenters. The Morgan fingerprint density at radius 3 is 0.720 bits per heavy atom. The number of hydrogen-bond donors (Lipinski definition) is 0. The molecule has 0 N–H and O–H groups in total. The smallest absolute Gasteiger partial charge is 0.0312 e. The molecule has 1 rings (SSSR count). The number of ether oxygens (including phenoxy) is 4. The first-order chi connectivity index (χ1) is 11.3. The van der Waals surface area contributed by atoms with Gasteiger partial charge >= 0.3 is 63.5 Å². The predicted molar refractivity (Wildman–Crippen MR) is 80.8 cm³/mol. The van der Waals surface area contributed by atoms with Crippen molar-refractivity contribution in [2.45, 2.75) is 0 Å². The third-order valence-corrected chi connectivity index (χ3v) is 1.54. The van der Waals surface area contributed by atoms with Gasteiger partial charge in [-0.2, -0.15) is 0 Å². The molecule has 0 aliphatic heterocycles. The summed E-state index contributed by atoms with van der Waals surface area (Å²) in [5.41, 5.74) is 0. The van der Waals surface area contributed by atoms with E-state index in [9.17, 15) is 0 Å². The molecule has 137 valence electrons. The van der Waals surface area contributed by atoms with Gasteiger partial charge in [0.2, 0.25) is 0 Å². The van der Waals surface area contributed by atoms with Crippen molar-refractivity contribution in [2.75, 3.05) is 54.9 Å². The van der Waals surface area contributed by atoms with Crippen molar-refractivity contribution >= 4 is 0 Å². The molecule has 1 fully saturated rings. The summed E-state index contributed by atoms with van der Waals surface area (Å²) in [6.07, 6.45) is 10.0. The molecule has 0 bridgehead atoms. The SMILES string of the molecule is COCCOC.COCCOC.[C-]#[O+].[C-]#[O+].[C-]#[O+].[CH]1[CH][CH][CH][CH]1.[Na+].[W]. The molecule has 0 aromatic heterocycles. The minimum absolute atomic E-state index is 0. The summed E-state index contributed by atoms with van der Waals surface area (Å²) < 4.78 is 41.1. The van der Waals surface area contributed by atoms with Gasteiger partial charge in [0.25, 0.3) is 0 Å². The fourth-order valence-electron chi connectivity index (χ4n) is 0.654. The largest absolute Gasteiger partial charge is 1.00 e. The van der Waals surface area contributed by atoms with Crippen molar-refractivity contribution in [3.8, 4) is 0 Å². The molecule has 5 radical (unpaired) electrons. The van der Waals surface area contributed by atoms with E-state index in [2.05, 4.69) is 38.9 Å². The summed E-state index contributed by atoms with van der Waals surface area (Å²) in [7, 11) is 6.61. The summed E-state index contributed by atoms with van der Waals surface area (Å²) in [6, 6.07) is 0. The van der Waals surface area contributed by atoms with Crippen LogP contribution in [0.25, 0.3) is 0 Å². The Labute approximate surface area is 189 Å². The molecule has 9 heteroatoms. The summed E-state index contributed by atoms with van der Waals surface area (Å²) in [6.45, 7) is 16.3. The molecule has 0 spiro atoms. The van der Waals surface area contributed by atoms with Crippen molar-refractivity contribution in [1.29, 1.82) is 0 Å². The average Bonchev–Trinajstić information content (AvgIpc) is 3.24. The van der Waals surface area contributed by atoms with E-state index in [4.69, 9.17) is 14.0 Å². The molecule has 7 nitrogen and oxygen atoms in total. The third-order valence-electron chi connectivity index (χ3n) is 1.54. The molecule has 0 aromatic carbocycles. The number of rotatable bonds is 6. The second-order valence-electron chi connectivity index (χ2n) is 2.93. The average molecular weight is 536 g/mol. The molecule has 1 aliphatic carbocycles. The van der Waals surface area contributed by atoms with Gasteiger partial charge in [-0.15, -0.1) is 0 Å². The van der Waals surface area contributed by atoms with Crippen LogP contribution < -0.4 is 29.6 Å². The molecule has 0 saturated heterocycles. The number of methoxy groups -OCH3 is 4. The summed E-state index contributed by atoms with van der Waals surface area (Å²) in [5, 5.41) is 0. The van der Waals surface area contributed by atoms with Crippen LogP contribution in [0.2, 0.25) is 0 Å². The van der Waals surface area contributed by atoms with E-state index < -0.39 is 0 Å². The Morgan fingerprint density at radius 1 is 0.520 bits per heavy atom. The first kappa shape index (κ1) is 44.9. The molecular weight excluding hydrogens is 511 g/mol. The first-order valence-corrected chi connectivity index (χ1v) is 6.07. The van der Waals surface area contributed by atoms with Crippen molar-refractivity contribution in [1.82, 2.24) is 0 Å². The maximum absolute atomic E-state index is 7.50. The van der Waals surface area contributed by atoms with Crippen molar-refractivity contribution in [2.24, 2.45) is 0 Å². The molecule has 1 aliphatic rings. The van der Waals surface area contributed by atoms with Crippen LogP contribution in [0.15, 0.2) is 0 Å². The van der Waals surface area contributed by atoms with E-state index in [-0.39, 0.29) is 50.6 Å². The van der Waals surface area contributed by atoms with E-state index in [1.807, 2.05) is 32.1 Å². The monoisotopic (exact) mass is 536 g/mol. The van der Waals surface area contributed by atoms with E-state index in [1.165, 1.54) is 0 Å². The zero-order valence-corrected chi connectivity index (χ0v) is 20.4. The van der Waals surface area contributed by atoms with Gasteiger partial charge in [0.05, 0.1) is 26.4 Å². The van der Waals surface area contributed by atoms with Crippen LogP contribution in [0.4, 0.5) is 0 Å². The van der Waals surface area contributed by atoms with Gasteiger partial charge in [-0.25, -0.2) is 0 Å². The van der Waals surface area contributed by atoms with Gasteiger partial charge in [0.1, 0.15) is 0 Å². The van der Waals surface area contributed by atoms with Crippen molar-refractivity contribution < 1.29 is 83.5 Å². The Balaban J connectivity index is -0.0000000326. The quantitative estimate of drug-likeness (QED) is 0.178. The topological polar surface area (TPSA) is 96.6 Å². The standard InChI is InChI=1S/C5H5.2C4H10O2.3CO.Na.W/c1-2-4-5-3-1;2*1-5-3-4-6-2;3*1-2;;/h1-5H;2*3-4H2,1-2H3;;;;;/q;;;;;;+1;.